The van der Waals surface area contributed by atoms with Gasteiger partial charge in [-0.2, -0.15) is 5.10 Å². The summed E-state index contributed by atoms with van der Waals surface area (Å²) in [7, 11) is 1.70. The Morgan fingerprint density at radius 3 is 2.81 bits per heavy atom. The van der Waals surface area contributed by atoms with Crippen LogP contribution >= 0.6 is 11.6 Å². The van der Waals surface area contributed by atoms with Crippen molar-refractivity contribution >= 4 is 17.5 Å². The number of nitrogens with zero attached hydrogens (tertiary/aromatic N) is 2. The molecule has 5 nitrogen and oxygen atoms in total. The molecule has 0 bridgehead atoms. The van der Waals surface area contributed by atoms with E-state index in [-0.39, 0.29) is 5.91 Å². The molecule has 21 heavy (non-hydrogen) atoms. The second kappa shape index (κ2) is 6.63. The Balaban J connectivity index is 1.85. The number of halogens is 1. The predicted molar refractivity (Wildman–Crippen MR) is 82.0 cm³/mol. The monoisotopic (exact) mass is 307 g/mol. The van der Waals surface area contributed by atoms with Crippen LogP contribution in [0.15, 0.2) is 24.3 Å². The number of ether oxygens (including phenoxy) is 1. The molecule has 6 heteroatoms. The van der Waals surface area contributed by atoms with Crippen molar-refractivity contribution in [2.75, 3.05) is 13.2 Å². The second-order valence-electron chi connectivity index (χ2n) is 4.80. The summed E-state index contributed by atoms with van der Waals surface area (Å²) in [6.07, 6.45) is 0. The smallest absolute Gasteiger partial charge is 0.256 e. The van der Waals surface area contributed by atoms with Gasteiger partial charge in [0.05, 0.1) is 17.8 Å². The van der Waals surface area contributed by atoms with Crippen LogP contribution in [0.3, 0.4) is 0 Å². The Bertz CT molecular complexity index is 652. The lowest BCUT2D eigenvalue weighted by Gasteiger charge is -2.08. The fraction of sp³-hybridized carbons (Fsp3) is 0.333. The lowest BCUT2D eigenvalue weighted by Crippen LogP contribution is -2.28. The van der Waals surface area contributed by atoms with Gasteiger partial charge in [0.15, 0.2) is 0 Å². The molecule has 1 amide bonds. The highest BCUT2D eigenvalue weighted by atomic mass is 35.5. The molecule has 2 rings (SSSR count). The van der Waals surface area contributed by atoms with Gasteiger partial charge in [-0.1, -0.05) is 23.7 Å². The molecule has 0 atom stereocenters. The highest BCUT2D eigenvalue weighted by molar-refractivity contribution is 6.33. The van der Waals surface area contributed by atoms with Crippen molar-refractivity contribution in [2.24, 2.45) is 7.05 Å². The molecule has 0 spiro atoms. The van der Waals surface area contributed by atoms with Gasteiger partial charge in [-0.05, 0) is 31.5 Å². The molecule has 0 aliphatic heterocycles. The van der Waals surface area contributed by atoms with E-state index in [0.717, 1.165) is 11.3 Å². The lowest BCUT2D eigenvalue weighted by molar-refractivity contribution is 0.0946. The van der Waals surface area contributed by atoms with Crippen LogP contribution in [0.25, 0.3) is 0 Å². The number of benzene rings is 1. The molecule has 1 heterocycles. The number of nitrogens with one attached hydrogen (secondary N) is 1. The highest BCUT2D eigenvalue weighted by Gasteiger charge is 2.18. The summed E-state index contributed by atoms with van der Waals surface area (Å²) in [5.74, 6) is 0.554. The Morgan fingerprint density at radius 1 is 1.43 bits per heavy atom. The first-order chi connectivity index (χ1) is 9.99. The minimum atomic E-state index is -0.238. The normalized spacial score (nSPS) is 10.5. The Morgan fingerprint density at radius 2 is 2.19 bits per heavy atom. The number of aromatic nitrogens is 2. The molecule has 1 N–H and O–H groups in total. The molecular formula is C15H18ClN3O2. The zero-order chi connectivity index (χ0) is 15.4. The van der Waals surface area contributed by atoms with E-state index in [1.807, 2.05) is 31.2 Å². The SMILES string of the molecule is Cc1cccc(OCCNC(=O)c2c(C)nn(C)c2Cl)c1. The fourth-order valence-corrected chi connectivity index (χ4v) is 2.28. The molecule has 2 aromatic rings. The summed E-state index contributed by atoms with van der Waals surface area (Å²) in [5.41, 5.74) is 2.16. The molecule has 0 radical (unpaired) electrons. The Hall–Kier alpha value is -2.01. The van der Waals surface area contributed by atoms with Crippen LogP contribution in [0.2, 0.25) is 5.15 Å². The quantitative estimate of drug-likeness (QED) is 0.864. The zero-order valence-corrected chi connectivity index (χ0v) is 13.1. The third-order valence-electron chi connectivity index (χ3n) is 3.03. The van der Waals surface area contributed by atoms with Crippen molar-refractivity contribution in [1.29, 1.82) is 0 Å². The average Bonchev–Trinajstić information content (AvgIpc) is 2.68. The fourth-order valence-electron chi connectivity index (χ4n) is 2.01. The van der Waals surface area contributed by atoms with E-state index in [0.29, 0.717) is 29.6 Å². The first-order valence-electron chi connectivity index (χ1n) is 6.66. The third kappa shape index (κ3) is 3.76. The molecule has 0 aliphatic rings. The Kier molecular flexibility index (Phi) is 4.85. The van der Waals surface area contributed by atoms with Crippen LogP contribution in [0, 0.1) is 13.8 Å². The number of rotatable bonds is 5. The van der Waals surface area contributed by atoms with Crippen LogP contribution in [0.4, 0.5) is 0 Å². The standard InChI is InChI=1S/C15H18ClN3O2/c1-10-5-4-6-12(9-10)21-8-7-17-15(20)13-11(2)18-19(3)14(13)16/h4-6,9H,7-8H2,1-3H3,(H,17,20). The number of amides is 1. The summed E-state index contributed by atoms with van der Waals surface area (Å²) in [5, 5.41) is 7.22. The van der Waals surface area contributed by atoms with Gasteiger partial charge >= 0.3 is 0 Å². The largest absolute Gasteiger partial charge is 0.492 e. The third-order valence-corrected chi connectivity index (χ3v) is 3.46. The number of carbonyl (C=O) groups excluding carboxylic acids is 1. The van der Waals surface area contributed by atoms with Gasteiger partial charge in [0.1, 0.15) is 17.5 Å². The van der Waals surface area contributed by atoms with E-state index in [1.165, 1.54) is 4.68 Å². The molecule has 0 unspecified atom stereocenters. The van der Waals surface area contributed by atoms with Crippen molar-refractivity contribution in [3.05, 3.63) is 46.2 Å². The maximum atomic E-state index is 12.1. The van der Waals surface area contributed by atoms with Gasteiger partial charge in [-0.25, -0.2) is 0 Å². The highest BCUT2D eigenvalue weighted by Crippen LogP contribution is 2.18. The number of hydrogen-bond acceptors (Lipinski definition) is 3. The zero-order valence-electron chi connectivity index (χ0n) is 12.3. The van der Waals surface area contributed by atoms with Crippen LogP contribution in [0.5, 0.6) is 5.75 Å². The molecular weight excluding hydrogens is 290 g/mol. The van der Waals surface area contributed by atoms with Crippen molar-refractivity contribution in [3.63, 3.8) is 0 Å². The molecule has 0 saturated carbocycles. The minimum Gasteiger partial charge on any atom is -0.492 e. The van der Waals surface area contributed by atoms with E-state index < -0.39 is 0 Å². The molecule has 1 aromatic carbocycles. The summed E-state index contributed by atoms with van der Waals surface area (Å²) in [6.45, 7) is 4.55. The summed E-state index contributed by atoms with van der Waals surface area (Å²) in [6, 6.07) is 7.77. The van der Waals surface area contributed by atoms with Crippen molar-refractivity contribution < 1.29 is 9.53 Å². The summed E-state index contributed by atoms with van der Waals surface area (Å²) in [4.78, 5) is 12.1. The van der Waals surface area contributed by atoms with Crippen LogP contribution in [-0.2, 0) is 7.05 Å². The van der Waals surface area contributed by atoms with E-state index in [4.69, 9.17) is 16.3 Å². The number of aryl methyl sites for hydroxylation is 3. The molecule has 0 aliphatic carbocycles. The molecule has 0 fully saturated rings. The Labute approximate surface area is 128 Å². The first kappa shape index (κ1) is 15.4. The maximum absolute atomic E-state index is 12.1. The first-order valence-corrected chi connectivity index (χ1v) is 7.03. The minimum absolute atomic E-state index is 0.238. The predicted octanol–water partition coefficient (Wildman–Crippen LogP) is 2.50. The van der Waals surface area contributed by atoms with E-state index in [9.17, 15) is 4.79 Å². The van der Waals surface area contributed by atoms with Crippen LogP contribution in [0.1, 0.15) is 21.6 Å². The van der Waals surface area contributed by atoms with E-state index in [2.05, 4.69) is 10.4 Å². The van der Waals surface area contributed by atoms with Crippen LogP contribution < -0.4 is 10.1 Å². The van der Waals surface area contributed by atoms with Gasteiger partial charge in [-0.15, -0.1) is 0 Å². The molecule has 0 saturated heterocycles. The van der Waals surface area contributed by atoms with Crippen molar-refractivity contribution in [2.45, 2.75) is 13.8 Å². The van der Waals surface area contributed by atoms with E-state index >= 15 is 0 Å². The molecule has 112 valence electrons. The average molecular weight is 308 g/mol. The second-order valence-corrected chi connectivity index (χ2v) is 5.15. The van der Waals surface area contributed by atoms with E-state index in [1.54, 1.807) is 14.0 Å². The van der Waals surface area contributed by atoms with Gasteiger partial charge in [0.25, 0.3) is 5.91 Å². The van der Waals surface area contributed by atoms with Crippen molar-refractivity contribution in [1.82, 2.24) is 15.1 Å². The van der Waals surface area contributed by atoms with Crippen molar-refractivity contribution in [3.8, 4) is 5.75 Å². The molecule has 1 aromatic heterocycles. The summed E-state index contributed by atoms with van der Waals surface area (Å²) < 4.78 is 7.05. The summed E-state index contributed by atoms with van der Waals surface area (Å²) >= 11 is 6.04. The van der Waals surface area contributed by atoms with Gasteiger partial charge in [-0.3, -0.25) is 9.48 Å². The number of hydrogen-bond donors (Lipinski definition) is 1. The topological polar surface area (TPSA) is 56.1 Å². The number of carbonyl (C=O) groups is 1. The van der Waals surface area contributed by atoms with Gasteiger partial charge in [0, 0.05) is 7.05 Å². The lowest BCUT2D eigenvalue weighted by atomic mass is 10.2. The van der Waals surface area contributed by atoms with Crippen LogP contribution in [-0.4, -0.2) is 28.8 Å². The van der Waals surface area contributed by atoms with Gasteiger partial charge in [0.2, 0.25) is 0 Å². The van der Waals surface area contributed by atoms with Gasteiger partial charge < -0.3 is 10.1 Å². The maximum Gasteiger partial charge on any atom is 0.256 e.